The van der Waals surface area contributed by atoms with E-state index in [1.54, 1.807) is 29.5 Å². The van der Waals surface area contributed by atoms with Crippen molar-refractivity contribution < 1.29 is 9.90 Å². The molecule has 0 aliphatic heterocycles. The van der Waals surface area contributed by atoms with Crippen LogP contribution in [0.4, 0.5) is 5.69 Å². The summed E-state index contributed by atoms with van der Waals surface area (Å²) in [5, 5.41) is 13.3. The number of rotatable bonds is 4. The minimum atomic E-state index is -0.919. The van der Waals surface area contributed by atoms with Gasteiger partial charge in [-0.05, 0) is 39.0 Å². The van der Waals surface area contributed by atoms with Crippen molar-refractivity contribution in [2.45, 2.75) is 26.8 Å². The molecule has 0 saturated carbocycles. The van der Waals surface area contributed by atoms with E-state index in [9.17, 15) is 4.79 Å². The lowest BCUT2D eigenvalue weighted by Gasteiger charge is -2.14. The highest BCUT2D eigenvalue weighted by Crippen LogP contribution is 2.25. The number of aromatic carboxylic acids is 1. The number of benzene rings is 1. The van der Waals surface area contributed by atoms with Gasteiger partial charge in [0, 0.05) is 10.6 Å². The molecule has 0 aliphatic carbocycles. The van der Waals surface area contributed by atoms with Crippen LogP contribution in [0.3, 0.4) is 0 Å². The van der Waals surface area contributed by atoms with E-state index in [1.807, 2.05) is 26.8 Å². The Morgan fingerprint density at radius 2 is 2.16 bits per heavy atom. The normalized spacial score (nSPS) is 12.2. The molecule has 2 N–H and O–H groups in total. The molecule has 1 aromatic carbocycles. The fourth-order valence-electron chi connectivity index (χ4n) is 2.01. The van der Waals surface area contributed by atoms with Crippen LogP contribution in [0.5, 0.6) is 0 Å². The van der Waals surface area contributed by atoms with Gasteiger partial charge in [0.1, 0.15) is 0 Å². The Bertz CT molecular complexity index is 607. The van der Waals surface area contributed by atoms with E-state index >= 15 is 0 Å². The molecule has 19 heavy (non-hydrogen) atoms. The number of carbonyl (C=O) groups is 1. The summed E-state index contributed by atoms with van der Waals surface area (Å²) in [7, 11) is 0. The van der Waals surface area contributed by atoms with Gasteiger partial charge in [0.2, 0.25) is 0 Å². The Kier molecular flexibility index (Phi) is 3.85. The second-order valence-electron chi connectivity index (χ2n) is 4.43. The average molecular weight is 276 g/mol. The van der Waals surface area contributed by atoms with Crippen LogP contribution in [-0.2, 0) is 0 Å². The Labute approximate surface area is 116 Å². The molecule has 0 spiro atoms. The highest BCUT2D eigenvalue weighted by Gasteiger charge is 2.13. The molecular weight excluding hydrogens is 260 g/mol. The highest BCUT2D eigenvalue weighted by atomic mass is 32.1. The number of hydrogen-bond acceptors (Lipinski definition) is 4. The number of aryl methyl sites for hydroxylation is 2. The number of anilines is 1. The van der Waals surface area contributed by atoms with Gasteiger partial charge in [0.25, 0.3) is 0 Å². The zero-order valence-corrected chi connectivity index (χ0v) is 11.9. The first-order valence-electron chi connectivity index (χ1n) is 6.01. The van der Waals surface area contributed by atoms with Crippen LogP contribution in [0, 0.1) is 13.8 Å². The monoisotopic (exact) mass is 276 g/mol. The second-order valence-corrected chi connectivity index (χ2v) is 5.83. The van der Waals surface area contributed by atoms with Gasteiger partial charge in [-0.1, -0.05) is 6.07 Å². The summed E-state index contributed by atoms with van der Waals surface area (Å²) in [5.41, 5.74) is 2.09. The van der Waals surface area contributed by atoms with Crippen molar-refractivity contribution >= 4 is 23.0 Å². The Morgan fingerprint density at radius 1 is 1.42 bits per heavy atom. The van der Waals surface area contributed by atoms with E-state index < -0.39 is 5.97 Å². The number of thiazole rings is 1. The molecule has 1 aromatic heterocycles. The molecule has 4 nitrogen and oxygen atoms in total. The van der Waals surface area contributed by atoms with E-state index in [4.69, 9.17) is 5.11 Å². The molecule has 1 unspecified atom stereocenters. The van der Waals surface area contributed by atoms with E-state index in [2.05, 4.69) is 10.3 Å². The first-order valence-corrected chi connectivity index (χ1v) is 6.83. The van der Waals surface area contributed by atoms with E-state index in [0.717, 1.165) is 16.4 Å². The van der Waals surface area contributed by atoms with Gasteiger partial charge in [0.05, 0.1) is 22.3 Å². The van der Waals surface area contributed by atoms with Crippen molar-refractivity contribution in [3.63, 3.8) is 0 Å². The van der Waals surface area contributed by atoms with Gasteiger partial charge in [0.15, 0.2) is 0 Å². The molecule has 100 valence electrons. The molecular formula is C14H16N2O2S. The van der Waals surface area contributed by atoms with Crippen LogP contribution >= 0.6 is 11.3 Å². The van der Waals surface area contributed by atoms with E-state index in [1.165, 1.54) is 4.88 Å². The first kappa shape index (κ1) is 13.5. The standard InChI is InChI=1S/C14H16N2O2S/c1-8(13-9(2)19-10(3)16-13)15-12-6-4-5-11(7-12)14(17)18/h4-8,15H,1-3H3,(H,17,18). The predicted molar refractivity (Wildman–Crippen MR) is 77.0 cm³/mol. The number of aromatic nitrogens is 1. The summed E-state index contributed by atoms with van der Waals surface area (Å²) in [6.07, 6.45) is 0. The molecule has 0 bridgehead atoms. The lowest BCUT2D eigenvalue weighted by Crippen LogP contribution is -2.09. The first-order chi connectivity index (χ1) is 8.97. The summed E-state index contributed by atoms with van der Waals surface area (Å²) in [5.74, 6) is -0.919. The van der Waals surface area contributed by atoms with Crippen LogP contribution in [0.25, 0.3) is 0 Å². The third-order valence-electron chi connectivity index (χ3n) is 2.84. The maximum atomic E-state index is 10.9. The molecule has 5 heteroatoms. The van der Waals surface area contributed by atoms with Gasteiger partial charge in [-0.3, -0.25) is 0 Å². The number of nitrogens with zero attached hydrogens (tertiary/aromatic N) is 1. The minimum Gasteiger partial charge on any atom is -0.478 e. The van der Waals surface area contributed by atoms with Crippen LogP contribution in [0.2, 0.25) is 0 Å². The third-order valence-corrected chi connectivity index (χ3v) is 3.74. The summed E-state index contributed by atoms with van der Waals surface area (Å²) < 4.78 is 0. The van der Waals surface area contributed by atoms with Crippen molar-refractivity contribution in [2.24, 2.45) is 0 Å². The SMILES string of the molecule is Cc1nc(C(C)Nc2cccc(C(=O)O)c2)c(C)s1. The molecule has 1 heterocycles. The smallest absolute Gasteiger partial charge is 0.335 e. The molecule has 0 amide bonds. The van der Waals surface area contributed by atoms with Gasteiger partial charge in [-0.25, -0.2) is 9.78 Å². The number of hydrogen-bond donors (Lipinski definition) is 2. The van der Waals surface area contributed by atoms with Crippen molar-refractivity contribution in [1.29, 1.82) is 0 Å². The topological polar surface area (TPSA) is 62.2 Å². The second kappa shape index (κ2) is 5.40. The van der Waals surface area contributed by atoms with Crippen molar-refractivity contribution in [3.8, 4) is 0 Å². The largest absolute Gasteiger partial charge is 0.478 e. The molecule has 0 fully saturated rings. The number of carboxylic acid groups (broad SMARTS) is 1. The van der Waals surface area contributed by atoms with Gasteiger partial charge in [-0.2, -0.15) is 0 Å². The van der Waals surface area contributed by atoms with Gasteiger partial charge >= 0.3 is 5.97 Å². The summed E-state index contributed by atoms with van der Waals surface area (Å²) >= 11 is 1.67. The quantitative estimate of drug-likeness (QED) is 0.895. The average Bonchev–Trinajstić information content (AvgIpc) is 2.69. The molecule has 0 radical (unpaired) electrons. The lowest BCUT2D eigenvalue weighted by atomic mass is 10.1. The molecule has 1 atom stereocenters. The van der Waals surface area contributed by atoms with Crippen LogP contribution in [-0.4, -0.2) is 16.1 Å². The third kappa shape index (κ3) is 3.12. The maximum Gasteiger partial charge on any atom is 0.335 e. The highest BCUT2D eigenvalue weighted by molar-refractivity contribution is 7.11. The van der Waals surface area contributed by atoms with Crippen molar-refractivity contribution in [1.82, 2.24) is 4.98 Å². The van der Waals surface area contributed by atoms with Gasteiger partial charge < -0.3 is 10.4 Å². The van der Waals surface area contributed by atoms with Gasteiger partial charge in [-0.15, -0.1) is 11.3 Å². The molecule has 0 saturated heterocycles. The Hall–Kier alpha value is -1.88. The molecule has 2 aromatic rings. The van der Waals surface area contributed by atoms with Crippen molar-refractivity contribution in [2.75, 3.05) is 5.32 Å². The summed E-state index contributed by atoms with van der Waals surface area (Å²) in [4.78, 5) is 16.6. The number of carboxylic acids is 1. The number of nitrogens with one attached hydrogen (secondary N) is 1. The lowest BCUT2D eigenvalue weighted by molar-refractivity contribution is 0.0697. The van der Waals surface area contributed by atoms with Crippen LogP contribution in [0.1, 0.15) is 38.9 Å². The zero-order valence-electron chi connectivity index (χ0n) is 11.1. The zero-order chi connectivity index (χ0) is 14.0. The predicted octanol–water partition coefficient (Wildman–Crippen LogP) is 3.63. The van der Waals surface area contributed by atoms with Crippen LogP contribution in [0.15, 0.2) is 24.3 Å². The minimum absolute atomic E-state index is 0.0500. The summed E-state index contributed by atoms with van der Waals surface area (Å²) in [6, 6.07) is 6.85. The van der Waals surface area contributed by atoms with E-state index in [0.29, 0.717) is 0 Å². The Balaban J connectivity index is 2.19. The van der Waals surface area contributed by atoms with E-state index in [-0.39, 0.29) is 11.6 Å². The molecule has 2 rings (SSSR count). The Morgan fingerprint density at radius 3 is 2.74 bits per heavy atom. The summed E-state index contributed by atoms with van der Waals surface area (Å²) in [6.45, 7) is 6.06. The van der Waals surface area contributed by atoms with Crippen LogP contribution < -0.4 is 5.32 Å². The van der Waals surface area contributed by atoms with Crippen molar-refractivity contribution in [3.05, 3.63) is 45.4 Å². The molecule has 0 aliphatic rings. The fraction of sp³-hybridized carbons (Fsp3) is 0.286. The maximum absolute atomic E-state index is 10.9. The fourth-order valence-corrected chi connectivity index (χ4v) is 2.92.